The lowest BCUT2D eigenvalue weighted by Gasteiger charge is -2.17. The summed E-state index contributed by atoms with van der Waals surface area (Å²) in [6, 6.07) is 4.95. The SMILES string of the molecule is N#CCC(=C(C#N)C#N)c1ccc(C(F)(F)F)cc1C(F)(F)F. The average molecular weight is 329 g/mol. The van der Waals surface area contributed by atoms with Crippen LogP contribution in [0.5, 0.6) is 0 Å². The molecule has 0 aliphatic carbocycles. The van der Waals surface area contributed by atoms with E-state index in [1.165, 1.54) is 18.2 Å². The van der Waals surface area contributed by atoms with E-state index in [-0.39, 0.29) is 6.07 Å². The summed E-state index contributed by atoms with van der Waals surface area (Å²) in [6.07, 6.45) is -10.9. The Labute approximate surface area is 126 Å². The molecule has 0 N–H and O–H groups in total. The van der Waals surface area contributed by atoms with Gasteiger partial charge in [0, 0.05) is 5.57 Å². The molecule has 0 bridgehead atoms. The quantitative estimate of drug-likeness (QED) is 0.595. The van der Waals surface area contributed by atoms with E-state index in [4.69, 9.17) is 15.8 Å². The molecule has 1 aromatic rings. The number of hydrogen-bond acceptors (Lipinski definition) is 3. The van der Waals surface area contributed by atoms with Crippen molar-refractivity contribution in [2.24, 2.45) is 0 Å². The Morgan fingerprint density at radius 1 is 0.913 bits per heavy atom. The number of rotatable bonds is 2. The molecule has 0 aromatic heterocycles. The average Bonchev–Trinajstić information content (AvgIpc) is 2.45. The fraction of sp³-hybridized carbons (Fsp3) is 0.214. The molecule has 0 atom stereocenters. The molecule has 0 radical (unpaired) electrons. The highest BCUT2D eigenvalue weighted by atomic mass is 19.4. The van der Waals surface area contributed by atoms with Gasteiger partial charge in [-0.15, -0.1) is 0 Å². The second-order valence-corrected chi connectivity index (χ2v) is 4.17. The standard InChI is InChI=1S/C14H5F6N3/c15-13(16,17)9-1-2-11(12(5-9)14(18,19)20)10(3-4-21)8(6-22)7-23/h1-2,5H,3H2. The lowest BCUT2D eigenvalue weighted by Crippen LogP contribution is -2.13. The molecule has 0 heterocycles. The summed E-state index contributed by atoms with van der Waals surface area (Å²) in [7, 11) is 0. The summed E-state index contributed by atoms with van der Waals surface area (Å²) < 4.78 is 76.9. The fourth-order valence-corrected chi connectivity index (χ4v) is 1.78. The third-order valence-electron chi connectivity index (χ3n) is 2.76. The molecular weight excluding hydrogens is 324 g/mol. The van der Waals surface area contributed by atoms with E-state index in [1.54, 1.807) is 0 Å². The number of hydrogen-bond donors (Lipinski definition) is 0. The molecule has 0 saturated heterocycles. The zero-order valence-electron chi connectivity index (χ0n) is 11.0. The van der Waals surface area contributed by atoms with Crippen molar-refractivity contribution in [2.45, 2.75) is 18.8 Å². The molecule has 0 saturated carbocycles. The van der Waals surface area contributed by atoms with E-state index in [2.05, 4.69) is 0 Å². The Balaban J connectivity index is 3.79. The zero-order valence-corrected chi connectivity index (χ0v) is 11.0. The number of allylic oxidation sites excluding steroid dienone is 2. The first kappa shape index (κ1) is 18.1. The van der Waals surface area contributed by atoms with Crippen molar-refractivity contribution in [3.05, 3.63) is 40.5 Å². The minimum atomic E-state index is -5.16. The van der Waals surface area contributed by atoms with Crippen LogP contribution in [-0.4, -0.2) is 0 Å². The van der Waals surface area contributed by atoms with E-state index in [0.717, 1.165) is 0 Å². The van der Waals surface area contributed by atoms with Gasteiger partial charge in [-0.25, -0.2) is 0 Å². The summed E-state index contributed by atoms with van der Waals surface area (Å²) in [6.45, 7) is 0. The fourth-order valence-electron chi connectivity index (χ4n) is 1.78. The minimum absolute atomic E-state index is 0.112. The zero-order chi connectivity index (χ0) is 17.8. The first-order valence-electron chi connectivity index (χ1n) is 5.75. The third kappa shape index (κ3) is 4.02. The highest BCUT2D eigenvalue weighted by Crippen LogP contribution is 2.40. The van der Waals surface area contributed by atoms with Gasteiger partial charge >= 0.3 is 12.4 Å². The van der Waals surface area contributed by atoms with E-state index in [0.29, 0.717) is 12.1 Å². The van der Waals surface area contributed by atoms with Crippen LogP contribution in [0.3, 0.4) is 0 Å². The molecule has 1 rings (SSSR count). The summed E-state index contributed by atoms with van der Waals surface area (Å²) in [5.41, 5.74) is -5.33. The molecule has 0 fully saturated rings. The summed E-state index contributed by atoms with van der Waals surface area (Å²) >= 11 is 0. The maximum atomic E-state index is 13.0. The monoisotopic (exact) mass is 329 g/mol. The first-order valence-corrected chi connectivity index (χ1v) is 5.75. The van der Waals surface area contributed by atoms with Gasteiger partial charge in [-0.05, 0) is 17.7 Å². The van der Waals surface area contributed by atoms with Crippen molar-refractivity contribution in [1.82, 2.24) is 0 Å². The molecule has 1 aromatic carbocycles. The number of alkyl halides is 6. The summed E-state index contributed by atoms with van der Waals surface area (Å²) in [5, 5.41) is 26.2. The molecule has 0 unspecified atom stereocenters. The van der Waals surface area contributed by atoms with Crippen LogP contribution in [0.25, 0.3) is 5.57 Å². The predicted octanol–water partition coefficient (Wildman–Crippen LogP) is 4.44. The Bertz CT molecular complexity index is 750. The largest absolute Gasteiger partial charge is 0.417 e. The second kappa shape index (κ2) is 6.41. The smallest absolute Gasteiger partial charge is 0.198 e. The van der Waals surface area contributed by atoms with Gasteiger partial charge in [-0.3, -0.25) is 0 Å². The minimum Gasteiger partial charge on any atom is -0.198 e. The molecule has 9 heteroatoms. The summed E-state index contributed by atoms with van der Waals surface area (Å²) in [4.78, 5) is 0. The van der Waals surface area contributed by atoms with Crippen LogP contribution < -0.4 is 0 Å². The molecule has 0 aliphatic heterocycles. The highest BCUT2D eigenvalue weighted by Gasteiger charge is 2.39. The number of halogens is 6. The molecule has 0 aliphatic rings. The topological polar surface area (TPSA) is 71.4 Å². The van der Waals surface area contributed by atoms with E-state index in [9.17, 15) is 26.3 Å². The van der Waals surface area contributed by atoms with Crippen molar-refractivity contribution in [2.75, 3.05) is 0 Å². The Hall–Kier alpha value is -2.99. The van der Waals surface area contributed by atoms with E-state index < -0.39 is 46.6 Å². The second-order valence-electron chi connectivity index (χ2n) is 4.17. The maximum absolute atomic E-state index is 13.0. The Kier molecular flexibility index (Phi) is 5.03. The van der Waals surface area contributed by atoms with Gasteiger partial charge in [0.15, 0.2) is 0 Å². The van der Waals surface area contributed by atoms with Gasteiger partial charge in [0.05, 0.1) is 23.6 Å². The van der Waals surface area contributed by atoms with Crippen molar-refractivity contribution in [1.29, 1.82) is 15.8 Å². The number of nitrogens with zero attached hydrogens (tertiary/aromatic N) is 3. The maximum Gasteiger partial charge on any atom is 0.417 e. The van der Waals surface area contributed by atoms with Crippen LogP contribution in [0.2, 0.25) is 0 Å². The van der Waals surface area contributed by atoms with Gasteiger partial charge in [0.2, 0.25) is 0 Å². The van der Waals surface area contributed by atoms with E-state index >= 15 is 0 Å². The summed E-state index contributed by atoms with van der Waals surface area (Å²) in [5.74, 6) is 0. The van der Waals surface area contributed by atoms with Crippen LogP contribution in [-0.2, 0) is 12.4 Å². The first-order chi connectivity index (χ1) is 10.6. The molecule has 118 valence electrons. The molecule has 23 heavy (non-hydrogen) atoms. The van der Waals surface area contributed by atoms with Gasteiger partial charge < -0.3 is 0 Å². The molecule has 0 amide bonds. The van der Waals surface area contributed by atoms with Gasteiger partial charge in [0.1, 0.15) is 17.7 Å². The van der Waals surface area contributed by atoms with Crippen molar-refractivity contribution < 1.29 is 26.3 Å². The van der Waals surface area contributed by atoms with Crippen molar-refractivity contribution >= 4 is 5.57 Å². The Morgan fingerprint density at radius 3 is 1.87 bits per heavy atom. The lowest BCUT2D eigenvalue weighted by molar-refractivity contribution is -0.143. The van der Waals surface area contributed by atoms with Crippen LogP contribution >= 0.6 is 0 Å². The number of nitriles is 3. The van der Waals surface area contributed by atoms with E-state index in [1.807, 2.05) is 0 Å². The van der Waals surface area contributed by atoms with Crippen molar-refractivity contribution in [3.8, 4) is 18.2 Å². The van der Waals surface area contributed by atoms with Crippen LogP contribution in [0.1, 0.15) is 23.1 Å². The lowest BCUT2D eigenvalue weighted by atomic mass is 9.92. The van der Waals surface area contributed by atoms with Gasteiger partial charge in [0.25, 0.3) is 0 Å². The van der Waals surface area contributed by atoms with Gasteiger partial charge in [-0.2, -0.15) is 42.1 Å². The number of benzene rings is 1. The van der Waals surface area contributed by atoms with Crippen molar-refractivity contribution in [3.63, 3.8) is 0 Å². The molecule has 0 spiro atoms. The van der Waals surface area contributed by atoms with Crippen LogP contribution in [0.15, 0.2) is 23.8 Å². The third-order valence-corrected chi connectivity index (χ3v) is 2.76. The predicted molar refractivity (Wildman–Crippen MR) is 64.8 cm³/mol. The molecule has 3 nitrogen and oxygen atoms in total. The van der Waals surface area contributed by atoms with Crippen LogP contribution in [0.4, 0.5) is 26.3 Å². The normalized spacial score (nSPS) is 11.1. The Morgan fingerprint density at radius 2 is 1.48 bits per heavy atom. The van der Waals surface area contributed by atoms with Crippen LogP contribution in [0, 0.1) is 34.0 Å². The van der Waals surface area contributed by atoms with Gasteiger partial charge in [-0.1, -0.05) is 6.07 Å². The molecular formula is C14H5F6N3. The highest BCUT2D eigenvalue weighted by molar-refractivity contribution is 5.78.